The molecular weight excluding hydrogens is 473 g/mol. The van der Waals surface area contributed by atoms with Gasteiger partial charge in [-0.25, -0.2) is 9.07 Å². The third-order valence-electron chi connectivity index (χ3n) is 7.68. The minimum Gasteiger partial charge on any atom is -0.497 e. The van der Waals surface area contributed by atoms with Crippen LogP contribution in [0, 0.1) is 5.82 Å². The number of aromatic nitrogens is 5. The number of rotatable bonds is 6. The Labute approximate surface area is 213 Å². The van der Waals surface area contributed by atoms with E-state index in [1.807, 2.05) is 41.1 Å². The van der Waals surface area contributed by atoms with Gasteiger partial charge in [-0.3, -0.25) is 9.69 Å². The normalized spacial score (nSPS) is 17.9. The molecule has 1 aliphatic heterocycles. The van der Waals surface area contributed by atoms with Crippen LogP contribution in [0.5, 0.6) is 5.75 Å². The van der Waals surface area contributed by atoms with Gasteiger partial charge in [-0.05, 0) is 71.1 Å². The summed E-state index contributed by atoms with van der Waals surface area (Å²) in [5, 5.41) is 13.8. The van der Waals surface area contributed by atoms with E-state index >= 15 is 0 Å². The van der Waals surface area contributed by atoms with Gasteiger partial charge < -0.3 is 14.6 Å². The minimum absolute atomic E-state index is 0.160. The number of anilines is 1. The third kappa shape index (κ3) is 4.57. The molecule has 2 fully saturated rings. The lowest BCUT2D eigenvalue weighted by atomic mass is 10.0. The van der Waals surface area contributed by atoms with Crippen molar-refractivity contribution in [1.29, 1.82) is 0 Å². The molecule has 1 saturated heterocycles. The molecule has 1 unspecified atom stereocenters. The molecule has 3 heterocycles. The van der Waals surface area contributed by atoms with Gasteiger partial charge in [0.05, 0.1) is 18.7 Å². The van der Waals surface area contributed by atoms with Gasteiger partial charge in [0.2, 0.25) is 0 Å². The fourth-order valence-electron chi connectivity index (χ4n) is 5.71. The molecule has 37 heavy (non-hydrogen) atoms. The largest absolute Gasteiger partial charge is 0.497 e. The average Bonchev–Trinajstić information content (AvgIpc) is 3.62. The number of halogens is 1. The topological polar surface area (TPSA) is 92.2 Å². The summed E-state index contributed by atoms with van der Waals surface area (Å²) in [6.45, 7) is 2.91. The first kappa shape index (κ1) is 23.6. The second kappa shape index (κ2) is 9.93. The van der Waals surface area contributed by atoms with Gasteiger partial charge in [-0.1, -0.05) is 12.8 Å². The number of pyridine rings is 1. The van der Waals surface area contributed by atoms with E-state index in [1.54, 1.807) is 7.11 Å². The molecule has 2 aromatic carbocycles. The summed E-state index contributed by atoms with van der Waals surface area (Å²) in [7, 11) is 1.61. The fraction of sp³-hybridized carbons (Fsp3) is 0.407. The molecule has 0 amide bonds. The molecule has 2 aliphatic rings. The van der Waals surface area contributed by atoms with Crippen molar-refractivity contribution in [2.45, 2.75) is 37.8 Å². The zero-order valence-electron chi connectivity index (χ0n) is 20.8. The van der Waals surface area contributed by atoms with Crippen LogP contribution >= 0.6 is 0 Å². The van der Waals surface area contributed by atoms with Crippen LogP contribution in [0.2, 0.25) is 0 Å². The van der Waals surface area contributed by atoms with Gasteiger partial charge in [0.25, 0.3) is 5.56 Å². The SMILES string of the molecule is COc1ccc2cc(C(c3nnnn3C3CCCC3)N3CCN(c4ccc(F)cc4)CC3)c(=O)[nH]c2c1. The van der Waals surface area contributed by atoms with Gasteiger partial charge in [0.15, 0.2) is 5.82 Å². The van der Waals surface area contributed by atoms with Crippen molar-refractivity contribution in [1.82, 2.24) is 30.1 Å². The Morgan fingerprint density at radius 1 is 1.03 bits per heavy atom. The number of tetrazole rings is 1. The summed E-state index contributed by atoms with van der Waals surface area (Å²) >= 11 is 0. The third-order valence-corrected chi connectivity index (χ3v) is 7.68. The molecule has 0 spiro atoms. The van der Waals surface area contributed by atoms with Gasteiger partial charge >= 0.3 is 0 Å². The number of H-pyrrole nitrogens is 1. The maximum atomic E-state index is 13.5. The summed E-state index contributed by atoms with van der Waals surface area (Å²) in [4.78, 5) is 21.1. The van der Waals surface area contributed by atoms with Crippen LogP contribution in [0.15, 0.2) is 53.3 Å². The molecule has 0 bridgehead atoms. The number of benzene rings is 2. The zero-order chi connectivity index (χ0) is 25.4. The molecule has 0 radical (unpaired) electrons. The lowest BCUT2D eigenvalue weighted by Crippen LogP contribution is -2.49. The van der Waals surface area contributed by atoms with Crippen molar-refractivity contribution >= 4 is 16.6 Å². The molecule has 1 N–H and O–H groups in total. The van der Waals surface area contributed by atoms with Crippen LogP contribution < -0.4 is 15.2 Å². The number of nitrogens with one attached hydrogen (secondary N) is 1. The molecule has 192 valence electrons. The monoisotopic (exact) mass is 503 g/mol. The van der Waals surface area contributed by atoms with Crippen molar-refractivity contribution in [3.05, 3.63) is 76.1 Å². The average molecular weight is 504 g/mol. The summed E-state index contributed by atoms with van der Waals surface area (Å²) in [5.74, 6) is 1.16. The number of nitrogens with zero attached hydrogens (tertiary/aromatic N) is 6. The molecule has 1 atom stereocenters. The predicted molar refractivity (Wildman–Crippen MR) is 138 cm³/mol. The Morgan fingerprint density at radius 2 is 1.78 bits per heavy atom. The number of hydrogen-bond acceptors (Lipinski definition) is 7. The molecule has 4 aromatic rings. The smallest absolute Gasteiger partial charge is 0.253 e. The predicted octanol–water partition coefficient (Wildman–Crippen LogP) is 3.69. The lowest BCUT2D eigenvalue weighted by Gasteiger charge is -2.39. The van der Waals surface area contributed by atoms with Crippen molar-refractivity contribution < 1.29 is 9.13 Å². The fourth-order valence-corrected chi connectivity index (χ4v) is 5.71. The van der Waals surface area contributed by atoms with E-state index in [1.165, 1.54) is 12.1 Å². The van der Waals surface area contributed by atoms with Crippen LogP contribution in [0.1, 0.15) is 49.2 Å². The Kier molecular flexibility index (Phi) is 6.33. The molecule has 9 nitrogen and oxygen atoms in total. The van der Waals surface area contributed by atoms with Crippen molar-refractivity contribution in [3.63, 3.8) is 0 Å². The molecule has 10 heteroatoms. The molecule has 2 aromatic heterocycles. The Bertz CT molecular complexity index is 1440. The van der Waals surface area contributed by atoms with Crippen LogP contribution in [-0.4, -0.2) is 63.4 Å². The van der Waals surface area contributed by atoms with E-state index < -0.39 is 0 Å². The Hall–Kier alpha value is -3.79. The molecule has 1 aliphatic carbocycles. The van der Waals surface area contributed by atoms with Crippen molar-refractivity contribution in [2.24, 2.45) is 0 Å². The van der Waals surface area contributed by atoms with Crippen molar-refractivity contribution in [2.75, 3.05) is 38.2 Å². The van der Waals surface area contributed by atoms with Crippen LogP contribution in [0.4, 0.5) is 10.1 Å². The summed E-state index contributed by atoms with van der Waals surface area (Å²) in [6.07, 6.45) is 4.39. The Balaban J connectivity index is 1.38. The summed E-state index contributed by atoms with van der Waals surface area (Å²) in [6, 6.07) is 14.1. The highest BCUT2D eigenvalue weighted by Crippen LogP contribution is 2.34. The van der Waals surface area contributed by atoms with E-state index in [-0.39, 0.29) is 23.5 Å². The number of fused-ring (bicyclic) bond motifs is 1. The highest BCUT2D eigenvalue weighted by Gasteiger charge is 2.34. The second-order valence-electron chi connectivity index (χ2n) is 9.83. The first-order valence-electron chi connectivity index (χ1n) is 12.8. The standard InChI is InChI=1S/C27H30FN7O2/c1-37-22-11-6-18-16-23(27(36)29-24(18)17-22)25(26-30-31-32-35(26)21-4-2-3-5-21)34-14-12-33(13-15-34)20-9-7-19(28)8-10-20/h6-11,16-17,21,25H,2-5,12-15H2,1H3,(H,29,36). The number of aromatic amines is 1. The maximum absolute atomic E-state index is 13.5. The number of methoxy groups -OCH3 is 1. The Morgan fingerprint density at radius 3 is 2.51 bits per heavy atom. The lowest BCUT2D eigenvalue weighted by molar-refractivity contribution is 0.197. The first-order chi connectivity index (χ1) is 18.1. The zero-order valence-corrected chi connectivity index (χ0v) is 20.8. The van der Waals surface area contributed by atoms with E-state index in [9.17, 15) is 9.18 Å². The molecular formula is C27H30FN7O2. The van der Waals surface area contributed by atoms with Gasteiger partial charge in [-0.2, -0.15) is 0 Å². The first-order valence-corrected chi connectivity index (χ1v) is 12.8. The molecule has 1 saturated carbocycles. The number of ether oxygens (including phenoxy) is 1. The highest BCUT2D eigenvalue weighted by atomic mass is 19.1. The molecule has 6 rings (SSSR count). The summed E-state index contributed by atoms with van der Waals surface area (Å²) in [5.41, 5.74) is 2.18. The van der Waals surface area contributed by atoms with Gasteiger partial charge in [0, 0.05) is 43.5 Å². The quantitative estimate of drug-likeness (QED) is 0.429. The summed E-state index contributed by atoms with van der Waals surface area (Å²) < 4.78 is 20.7. The van der Waals surface area contributed by atoms with E-state index in [2.05, 4.69) is 30.3 Å². The van der Waals surface area contributed by atoms with Crippen LogP contribution in [0.3, 0.4) is 0 Å². The van der Waals surface area contributed by atoms with E-state index in [0.29, 0.717) is 30.2 Å². The van der Waals surface area contributed by atoms with Gasteiger partial charge in [0.1, 0.15) is 17.6 Å². The van der Waals surface area contributed by atoms with Gasteiger partial charge in [-0.15, -0.1) is 5.10 Å². The van der Waals surface area contributed by atoms with E-state index in [4.69, 9.17) is 4.74 Å². The number of piperazine rings is 1. The highest BCUT2D eigenvalue weighted by molar-refractivity contribution is 5.80. The number of hydrogen-bond donors (Lipinski definition) is 1. The van der Waals surface area contributed by atoms with Crippen molar-refractivity contribution in [3.8, 4) is 5.75 Å². The van der Waals surface area contributed by atoms with Crippen LogP contribution in [0.25, 0.3) is 10.9 Å². The maximum Gasteiger partial charge on any atom is 0.253 e. The van der Waals surface area contributed by atoms with E-state index in [0.717, 1.165) is 55.4 Å². The van der Waals surface area contributed by atoms with Crippen LogP contribution in [-0.2, 0) is 0 Å². The minimum atomic E-state index is -0.388. The second-order valence-corrected chi connectivity index (χ2v) is 9.83.